The van der Waals surface area contributed by atoms with Crippen molar-refractivity contribution in [1.29, 1.82) is 0 Å². The molecule has 0 radical (unpaired) electrons. The van der Waals surface area contributed by atoms with Crippen LogP contribution < -0.4 is 0 Å². The zero-order valence-corrected chi connectivity index (χ0v) is 12.9. The highest BCUT2D eigenvalue weighted by Crippen LogP contribution is 2.26. The lowest BCUT2D eigenvalue weighted by molar-refractivity contribution is 0.0149. The second-order valence-corrected chi connectivity index (χ2v) is 6.51. The van der Waals surface area contributed by atoms with Crippen LogP contribution in [-0.2, 0) is 0 Å². The van der Waals surface area contributed by atoms with Gasteiger partial charge in [0, 0.05) is 30.2 Å². The molecule has 2 aliphatic rings. The Balaban J connectivity index is 1.82. The van der Waals surface area contributed by atoms with E-state index in [4.69, 9.17) is 11.6 Å². The molecular weight excluding hydrogens is 291 g/mol. The van der Waals surface area contributed by atoms with Crippen molar-refractivity contribution in [3.63, 3.8) is 0 Å². The van der Waals surface area contributed by atoms with Gasteiger partial charge in [-0.3, -0.25) is 9.69 Å². The molecule has 1 amide bonds. The van der Waals surface area contributed by atoms with Gasteiger partial charge in [-0.15, -0.1) is 0 Å². The fourth-order valence-electron chi connectivity index (χ4n) is 3.45. The zero-order chi connectivity index (χ0) is 15.0. The molecule has 2 aliphatic heterocycles. The molecule has 0 aromatic heterocycles. The van der Waals surface area contributed by atoms with Crippen molar-refractivity contribution in [2.75, 3.05) is 19.6 Å². The summed E-state index contributed by atoms with van der Waals surface area (Å²) in [5, 5.41) is 0.392. The van der Waals surface area contributed by atoms with Crippen molar-refractivity contribution >= 4 is 17.5 Å². The van der Waals surface area contributed by atoms with E-state index in [1.54, 1.807) is 4.90 Å². The number of carbonyl (C=O) groups is 1. The van der Waals surface area contributed by atoms with Crippen molar-refractivity contribution in [2.24, 2.45) is 0 Å². The summed E-state index contributed by atoms with van der Waals surface area (Å²) in [5.74, 6) is -0.740. The SMILES string of the molecule is CC1CN2CCCCC2CN1C(=O)c1cc(Cl)ccc1F. The first-order valence-corrected chi connectivity index (χ1v) is 7.94. The van der Waals surface area contributed by atoms with Crippen molar-refractivity contribution in [2.45, 2.75) is 38.3 Å². The van der Waals surface area contributed by atoms with Crippen LogP contribution in [-0.4, -0.2) is 47.4 Å². The second kappa shape index (κ2) is 5.93. The van der Waals surface area contributed by atoms with Crippen LogP contribution in [0, 0.1) is 5.82 Å². The molecule has 3 rings (SSSR count). The van der Waals surface area contributed by atoms with Gasteiger partial charge in [0.2, 0.25) is 0 Å². The van der Waals surface area contributed by atoms with E-state index in [9.17, 15) is 9.18 Å². The van der Waals surface area contributed by atoms with Crippen LogP contribution in [0.15, 0.2) is 18.2 Å². The molecule has 0 N–H and O–H groups in total. The van der Waals surface area contributed by atoms with E-state index in [1.165, 1.54) is 31.0 Å². The van der Waals surface area contributed by atoms with Crippen molar-refractivity contribution in [1.82, 2.24) is 9.80 Å². The molecule has 2 heterocycles. The summed E-state index contributed by atoms with van der Waals surface area (Å²) in [6, 6.07) is 4.68. The molecule has 2 unspecified atom stereocenters. The molecule has 0 bridgehead atoms. The first kappa shape index (κ1) is 14.8. The lowest BCUT2D eigenvalue weighted by atomic mass is 9.96. The van der Waals surface area contributed by atoms with Crippen LogP contribution in [0.4, 0.5) is 4.39 Å². The van der Waals surface area contributed by atoms with Gasteiger partial charge in [0.05, 0.1) is 5.56 Å². The van der Waals surface area contributed by atoms with Gasteiger partial charge in [-0.1, -0.05) is 18.0 Å². The molecule has 21 heavy (non-hydrogen) atoms. The fraction of sp³-hybridized carbons (Fsp3) is 0.562. The lowest BCUT2D eigenvalue weighted by Gasteiger charge is -2.47. The Morgan fingerprint density at radius 1 is 1.33 bits per heavy atom. The average Bonchev–Trinajstić information content (AvgIpc) is 2.48. The molecular formula is C16H20ClFN2O. The third kappa shape index (κ3) is 2.92. The summed E-state index contributed by atoms with van der Waals surface area (Å²) in [4.78, 5) is 16.9. The van der Waals surface area contributed by atoms with Crippen LogP contribution in [0.3, 0.4) is 0 Å². The van der Waals surface area contributed by atoms with Crippen LogP contribution >= 0.6 is 11.6 Å². The number of benzene rings is 1. The van der Waals surface area contributed by atoms with Gasteiger partial charge in [0.1, 0.15) is 5.82 Å². The van der Waals surface area contributed by atoms with Gasteiger partial charge in [-0.05, 0) is 44.5 Å². The Bertz CT molecular complexity index is 551. The summed E-state index contributed by atoms with van der Waals surface area (Å²) in [7, 11) is 0. The number of hydrogen-bond donors (Lipinski definition) is 0. The Morgan fingerprint density at radius 2 is 2.14 bits per heavy atom. The number of nitrogens with zero attached hydrogens (tertiary/aromatic N) is 2. The van der Waals surface area contributed by atoms with Gasteiger partial charge in [0.25, 0.3) is 5.91 Å². The number of piperazine rings is 1. The Kier molecular flexibility index (Phi) is 4.18. The van der Waals surface area contributed by atoms with Gasteiger partial charge in [-0.25, -0.2) is 4.39 Å². The molecule has 0 spiro atoms. The van der Waals surface area contributed by atoms with Crippen molar-refractivity contribution in [3.8, 4) is 0 Å². The van der Waals surface area contributed by atoms with Gasteiger partial charge in [-0.2, -0.15) is 0 Å². The number of amides is 1. The second-order valence-electron chi connectivity index (χ2n) is 6.08. The highest BCUT2D eigenvalue weighted by Gasteiger charge is 2.36. The molecule has 3 nitrogen and oxygen atoms in total. The molecule has 2 fully saturated rings. The van der Waals surface area contributed by atoms with Crippen LogP contribution in [0.2, 0.25) is 5.02 Å². The Labute approximate surface area is 129 Å². The quantitative estimate of drug-likeness (QED) is 0.795. The number of piperidine rings is 1. The van der Waals surface area contributed by atoms with Gasteiger partial charge in [0.15, 0.2) is 0 Å². The summed E-state index contributed by atoms with van der Waals surface area (Å²) in [5.41, 5.74) is 0.0820. The standard InChI is InChI=1S/C16H20ClFN2O/c1-11-9-19-7-3-2-4-13(19)10-20(11)16(21)14-8-12(17)5-6-15(14)18/h5-6,8,11,13H,2-4,7,9-10H2,1H3. The third-order valence-electron chi connectivity index (χ3n) is 4.61. The van der Waals surface area contributed by atoms with Crippen LogP contribution in [0.5, 0.6) is 0 Å². The number of carbonyl (C=O) groups excluding carboxylic acids is 1. The average molecular weight is 311 g/mol. The number of halogens is 2. The highest BCUT2D eigenvalue weighted by atomic mass is 35.5. The molecule has 2 saturated heterocycles. The first-order chi connectivity index (χ1) is 10.1. The Morgan fingerprint density at radius 3 is 2.95 bits per heavy atom. The molecule has 0 aliphatic carbocycles. The normalized spacial score (nSPS) is 26.5. The molecule has 1 aromatic carbocycles. The minimum Gasteiger partial charge on any atom is -0.333 e. The minimum atomic E-state index is -0.498. The summed E-state index contributed by atoms with van der Waals surface area (Å²) < 4.78 is 13.9. The van der Waals surface area contributed by atoms with E-state index in [-0.39, 0.29) is 17.5 Å². The van der Waals surface area contributed by atoms with Crippen molar-refractivity contribution in [3.05, 3.63) is 34.6 Å². The predicted molar refractivity (Wildman–Crippen MR) is 81.1 cm³/mol. The first-order valence-electron chi connectivity index (χ1n) is 7.56. The van der Waals surface area contributed by atoms with Crippen LogP contribution in [0.25, 0.3) is 0 Å². The van der Waals surface area contributed by atoms with E-state index in [2.05, 4.69) is 4.90 Å². The maximum atomic E-state index is 13.9. The molecule has 0 saturated carbocycles. The maximum absolute atomic E-state index is 13.9. The molecule has 114 valence electrons. The molecule has 1 aromatic rings. The largest absolute Gasteiger partial charge is 0.333 e. The molecule has 5 heteroatoms. The highest BCUT2D eigenvalue weighted by molar-refractivity contribution is 6.31. The predicted octanol–water partition coefficient (Wildman–Crippen LogP) is 3.18. The summed E-state index contributed by atoms with van der Waals surface area (Å²) in [6.45, 7) is 4.71. The topological polar surface area (TPSA) is 23.6 Å². The van der Waals surface area contributed by atoms with Crippen molar-refractivity contribution < 1.29 is 9.18 Å². The number of rotatable bonds is 1. The van der Waals surface area contributed by atoms with E-state index in [0.717, 1.165) is 19.5 Å². The number of hydrogen-bond acceptors (Lipinski definition) is 2. The fourth-order valence-corrected chi connectivity index (χ4v) is 3.62. The lowest BCUT2D eigenvalue weighted by Crippen LogP contribution is -2.60. The number of fused-ring (bicyclic) bond motifs is 1. The van der Waals surface area contributed by atoms with Gasteiger partial charge >= 0.3 is 0 Å². The van der Waals surface area contributed by atoms with E-state index < -0.39 is 5.82 Å². The van der Waals surface area contributed by atoms with Crippen LogP contribution in [0.1, 0.15) is 36.5 Å². The monoisotopic (exact) mass is 310 g/mol. The van der Waals surface area contributed by atoms with Gasteiger partial charge < -0.3 is 4.90 Å². The minimum absolute atomic E-state index is 0.0820. The Hall–Kier alpha value is -1.13. The maximum Gasteiger partial charge on any atom is 0.257 e. The molecule has 2 atom stereocenters. The van der Waals surface area contributed by atoms with E-state index in [1.807, 2.05) is 6.92 Å². The van der Waals surface area contributed by atoms with E-state index in [0.29, 0.717) is 17.6 Å². The third-order valence-corrected chi connectivity index (χ3v) is 4.84. The summed E-state index contributed by atoms with van der Waals surface area (Å²) in [6.07, 6.45) is 3.57. The summed E-state index contributed by atoms with van der Waals surface area (Å²) >= 11 is 5.90. The zero-order valence-electron chi connectivity index (χ0n) is 12.2. The van der Waals surface area contributed by atoms with E-state index >= 15 is 0 Å². The smallest absolute Gasteiger partial charge is 0.257 e.